The van der Waals surface area contributed by atoms with Crippen molar-refractivity contribution in [2.75, 3.05) is 14.2 Å². The highest BCUT2D eigenvalue weighted by Crippen LogP contribution is 2.39. The molecule has 0 saturated carbocycles. The summed E-state index contributed by atoms with van der Waals surface area (Å²) in [7, 11) is 2.99. The van der Waals surface area contributed by atoms with Crippen LogP contribution in [-0.4, -0.2) is 36.5 Å². The SMILES string of the molecule is COC(=O)C1(Cc2ccccc2)Cc2ccc(-c3ccco3)cc2CN1C(=O)c1ccc(C(C)(C)C)c(OC)c1. The maximum Gasteiger partial charge on any atom is 0.332 e. The molecule has 1 aliphatic rings. The van der Waals surface area contributed by atoms with E-state index in [-0.39, 0.29) is 17.9 Å². The number of methoxy groups -OCH3 is 2. The molecule has 0 aliphatic carbocycles. The standard InChI is InChI=1S/C34H35NO5/c1-33(2,3)28-16-15-25(19-30(28)38-4)31(36)35-22-27-18-24(29-12-9-17-40-29)13-14-26(27)21-34(35,32(37)39-5)20-23-10-7-6-8-11-23/h6-19H,20-22H2,1-5H3. The van der Waals surface area contributed by atoms with Crippen LogP contribution in [-0.2, 0) is 34.3 Å². The van der Waals surface area contributed by atoms with Crippen LogP contribution in [0, 0.1) is 0 Å². The Morgan fingerprint density at radius 3 is 2.35 bits per heavy atom. The Morgan fingerprint density at radius 1 is 0.925 bits per heavy atom. The van der Waals surface area contributed by atoms with Gasteiger partial charge in [-0.2, -0.15) is 0 Å². The third-order valence-corrected chi connectivity index (χ3v) is 7.75. The number of amides is 1. The minimum absolute atomic E-state index is 0.164. The molecule has 1 aromatic heterocycles. The number of fused-ring (bicyclic) bond motifs is 1. The molecule has 5 rings (SSSR count). The molecule has 6 heteroatoms. The molecule has 1 unspecified atom stereocenters. The highest BCUT2D eigenvalue weighted by molar-refractivity contribution is 5.99. The topological polar surface area (TPSA) is 69.0 Å². The number of esters is 1. The lowest BCUT2D eigenvalue weighted by Crippen LogP contribution is -2.62. The molecule has 206 valence electrons. The molecule has 0 saturated heterocycles. The molecule has 2 heterocycles. The Hall–Kier alpha value is -4.32. The van der Waals surface area contributed by atoms with Crippen molar-refractivity contribution in [3.63, 3.8) is 0 Å². The van der Waals surface area contributed by atoms with Gasteiger partial charge in [-0.05, 0) is 58.0 Å². The number of carbonyl (C=O) groups excluding carboxylic acids is 2. The highest BCUT2D eigenvalue weighted by Gasteiger charge is 2.50. The van der Waals surface area contributed by atoms with Crippen molar-refractivity contribution in [3.8, 4) is 17.1 Å². The van der Waals surface area contributed by atoms with Crippen molar-refractivity contribution in [2.45, 2.75) is 51.1 Å². The van der Waals surface area contributed by atoms with Crippen molar-refractivity contribution in [2.24, 2.45) is 0 Å². The van der Waals surface area contributed by atoms with Crippen LogP contribution >= 0.6 is 0 Å². The lowest BCUT2D eigenvalue weighted by atomic mass is 9.77. The summed E-state index contributed by atoms with van der Waals surface area (Å²) in [6.07, 6.45) is 2.29. The van der Waals surface area contributed by atoms with Gasteiger partial charge in [0.15, 0.2) is 0 Å². The van der Waals surface area contributed by atoms with Crippen LogP contribution in [0.4, 0.5) is 0 Å². The molecule has 1 amide bonds. The summed E-state index contributed by atoms with van der Waals surface area (Å²) >= 11 is 0. The maximum absolute atomic E-state index is 14.4. The highest BCUT2D eigenvalue weighted by atomic mass is 16.5. The van der Waals surface area contributed by atoms with E-state index in [0.717, 1.165) is 33.6 Å². The third kappa shape index (κ3) is 5.02. The Morgan fingerprint density at radius 2 is 1.70 bits per heavy atom. The zero-order chi connectivity index (χ0) is 28.5. The molecule has 6 nitrogen and oxygen atoms in total. The zero-order valence-electron chi connectivity index (χ0n) is 23.7. The van der Waals surface area contributed by atoms with Crippen LogP contribution in [0.1, 0.15) is 53.4 Å². The first-order chi connectivity index (χ1) is 19.2. The van der Waals surface area contributed by atoms with E-state index in [4.69, 9.17) is 13.9 Å². The van der Waals surface area contributed by atoms with Crippen LogP contribution in [0.2, 0.25) is 0 Å². The van der Waals surface area contributed by atoms with E-state index in [2.05, 4.69) is 20.8 Å². The van der Waals surface area contributed by atoms with Gasteiger partial charge in [0.05, 0.1) is 20.5 Å². The molecule has 0 fully saturated rings. The minimum Gasteiger partial charge on any atom is -0.496 e. The first-order valence-electron chi connectivity index (χ1n) is 13.4. The zero-order valence-corrected chi connectivity index (χ0v) is 23.7. The predicted molar refractivity (Wildman–Crippen MR) is 154 cm³/mol. The molecule has 0 N–H and O–H groups in total. The van der Waals surface area contributed by atoms with Gasteiger partial charge in [-0.1, -0.05) is 69.3 Å². The second-order valence-corrected chi connectivity index (χ2v) is 11.4. The summed E-state index contributed by atoms with van der Waals surface area (Å²) in [6, 6.07) is 25.1. The Kier molecular flexibility index (Phi) is 7.28. The first-order valence-corrected chi connectivity index (χ1v) is 13.4. The van der Waals surface area contributed by atoms with Gasteiger partial charge in [-0.25, -0.2) is 4.79 Å². The van der Waals surface area contributed by atoms with Crippen molar-refractivity contribution >= 4 is 11.9 Å². The average molecular weight is 538 g/mol. The summed E-state index contributed by atoms with van der Waals surface area (Å²) < 4.78 is 16.7. The minimum atomic E-state index is -1.23. The summed E-state index contributed by atoms with van der Waals surface area (Å²) in [4.78, 5) is 29.9. The number of hydrogen-bond acceptors (Lipinski definition) is 5. The molecule has 40 heavy (non-hydrogen) atoms. The van der Waals surface area contributed by atoms with Crippen molar-refractivity contribution in [1.29, 1.82) is 0 Å². The molecular formula is C34H35NO5. The van der Waals surface area contributed by atoms with Gasteiger partial charge in [0.2, 0.25) is 0 Å². The Balaban J connectivity index is 1.65. The van der Waals surface area contributed by atoms with Gasteiger partial charge in [-0.3, -0.25) is 4.79 Å². The van der Waals surface area contributed by atoms with Gasteiger partial charge < -0.3 is 18.8 Å². The summed E-state index contributed by atoms with van der Waals surface area (Å²) in [5.41, 5.74) is 3.89. The summed E-state index contributed by atoms with van der Waals surface area (Å²) in [5.74, 6) is 0.692. The molecule has 0 spiro atoms. The number of hydrogen-bond donors (Lipinski definition) is 0. The number of furan rings is 1. The van der Waals surface area contributed by atoms with E-state index in [9.17, 15) is 9.59 Å². The lowest BCUT2D eigenvalue weighted by molar-refractivity contribution is -0.154. The average Bonchev–Trinajstić information content (AvgIpc) is 3.50. The molecule has 1 aliphatic heterocycles. The second-order valence-electron chi connectivity index (χ2n) is 11.4. The third-order valence-electron chi connectivity index (χ3n) is 7.75. The van der Waals surface area contributed by atoms with Crippen molar-refractivity contribution in [1.82, 2.24) is 4.90 Å². The Labute approximate surface area is 235 Å². The molecule has 1 atom stereocenters. The largest absolute Gasteiger partial charge is 0.496 e. The van der Waals surface area contributed by atoms with E-state index < -0.39 is 11.5 Å². The molecule has 4 aromatic rings. The van der Waals surface area contributed by atoms with Crippen LogP contribution in [0.25, 0.3) is 11.3 Å². The van der Waals surface area contributed by atoms with E-state index in [1.54, 1.807) is 24.3 Å². The fourth-order valence-corrected chi connectivity index (χ4v) is 5.68. The van der Waals surface area contributed by atoms with Crippen molar-refractivity contribution in [3.05, 3.63) is 113 Å². The van der Waals surface area contributed by atoms with E-state index in [1.807, 2.05) is 72.8 Å². The number of carbonyl (C=O) groups is 2. The monoisotopic (exact) mass is 537 g/mol. The smallest absolute Gasteiger partial charge is 0.332 e. The molecular weight excluding hydrogens is 502 g/mol. The quantitative estimate of drug-likeness (QED) is 0.259. The van der Waals surface area contributed by atoms with E-state index in [1.165, 1.54) is 7.11 Å². The number of rotatable bonds is 6. The normalized spacial score (nSPS) is 16.8. The fourth-order valence-electron chi connectivity index (χ4n) is 5.68. The predicted octanol–water partition coefficient (Wildman–Crippen LogP) is 6.61. The first kappa shape index (κ1) is 27.3. The Bertz CT molecular complexity index is 1520. The van der Waals surface area contributed by atoms with E-state index >= 15 is 0 Å². The van der Waals surface area contributed by atoms with Crippen LogP contribution in [0.5, 0.6) is 5.75 Å². The molecule has 0 bridgehead atoms. The van der Waals surface area contributed by atoms with Gasteiger partial charge in [-0.15, -0.1) is 0 Å². The summed E-state index contributed by atoms with van der Waals surface area (Å²) in [6.45, 7) is 6.56. The van der Waals surface area contributed by atoms with Gasteiger partial charge in [0, 0.05) is 30.5 Å². The van der Waals surface area contributed by atoms with E-state index in [0.29, 0.717) is 24.2 Å². The molecule has 0 radical (unpaired) electrons. The van der Waals surface area contributed by atoms with Crippen LogP contribution < -0.4 is 4.74 Å². The van der Waals surface area contributed by atoms with Gasteiger partial charge in [0.25, 0.3) is 5.91 Å². The number of benzene rings is 3. The number of nitrogens with zero attached hydrogens (tertiary/aromatic N) is 1. The molecule has 3 aromatic carbocycles. The van der Waals surface area contributed by atoms with Crippen molar-refractivity contribution < 1.29 is 23.5 Å². The van der Waals surface area contributed by atoms with Gasteiger partial charge in [0.1, 0.15) is 17.0 Å². The number of ether oxygens (including phenoxy) is 2. The maximum atomic E-state index is 14.4. The van der Waals surface area contributed by atoms with Crippen LogP contribution in [0.3, 0.4) is 0 Å². The summed E-state index contributed by atoms with van der Waals surface area (Å²) in [5, 5.41) is 0. The van der Waals surface area contributed by atoms with Gasteiger partial charge >= 0.3 is 5.97 Å². The lowest BCUT2D eigenvalue weighted by Gasteiger charge is -2.46. The fraction of sp³-hybridized carbons (Fsp3) is 0.294. The van der Waals surface area contributed by atoms with Crippen LogP contribution in [0.15, 0.2) is 89.5 Å². The second kappa shape index (κ2) is 10.7.